The number of hydrogen-bond acceptors (Lipinski definition) is 3. The predicted molar refractivity (Wildman–Crippen MR) is 56.0 cm³/mol. The predicted octanol–water partition coefficient (Wildman–Crippen LogP) is 0.591. The number of ether oxygens (including phenoxy) is 1. The Morgan fingerprint density at radius 1 is 1.33 bits per heavy atom. The Balaban J connectivity index is 1.78. The van der Waals surface area contributed by atoms with Crippen molar-refractivity contribution in [2.75, 3.05) is 25.5 Å². The molecule has 0 atom stereocenters. The van der Waals surface area contributed by atoms with E-state index in [-0.39, 0.29) is 5.54 Å². The van der Waals surface area contributed by atoms with E-state index in [0.717, 1.165) is 25.7 Å². The molecule has 0 amide bonds. The fourth-order valence-electron chi connectivity index (χ4n) is 2.36. The molecule has 1 aliphatic heterocycles. The molecule has 0 bridgehead atoms. The van der Waals surface area contributed by atoms with Crippen LogP contribution in [0.4, 0.5) is 0 Å². The largest absolute Gasteiger partial charge is 0.378 e. The van der Waals surface area contributed by atoms with E-state index in [1.807, 2.05) is 0 Å². The fourth-order valence-corrected chi connectivity index (χ4v) is 4.65. The van der Waals surface area contributed by atoms with Crippen LogP contribution in [-0.2, 0) is 14.8 Å². The van der Waals surface area contributed by atoms with Gasteiger partial charge in [0.1, 0.15) is 0 Å². The summed E-state index contributed by atoms with van der Waals surface area (Å²) < 4.78 is 31.4. The van der Waals surface area contributed by atoms with E-state index in [1.54, 1.807) is 4.31 Å². The summed E-state index contributed by atoms with van der Waals surface area (Å²) in [5.74, 6) is 0.808. The summed E-state index contributed by atoms with van der Waals surface area (Å²) >= 11 is 0. The van der Waals surface area contributed by atoms with Gasteiger partial charge in [-0.25, -0.2) is 8.42 Å². The third-order valence-corrected chi connectivity index (χ3v) is 5.78. The fraction of sp³-hybridized carbons (Fsp3) is 1.00. The van der Waals surface area contributed by atoms with Crippen LogP contribution in [0.1, 0.15) is 25.7 Å². The zero-order valence-corrected chi connectivity index (χ0v) is 9.63. The maximum atomic E-state index is 12.2. The third-order valence-electron chi connectivity index (χ3n) is 3.64. The third kappa shape index (κ3) is 1.81. The molecule has 15 heavy (non-hydrogen) atoms. The second kappa shape index (κ2) is 3.18. The first kappa shape index (κ1) is 10.1. The van der Waals surface area contributed by atoms with Crippen LogP contribution in [-0.4, -0.2) is 43.8 Å². The zero-order chi connectivity index (χ0) is 10.5. The van der Waals surface area contributed by atoms with Gasteiger partial charge in [-0.05, 0) is 31.6 Å². The van der Waals surface area contributed by atoms with Crippen LogP contribution in [0.25, 0.3) is 0 Å². The quantitative estimate of drug-likeness (QED) is 0.714. The molecule has 3 rings (SSSR count). The molecule has 0 aromatic rings. The van der Waals surface area contributed by atoms with Gasteiger partial charge >= 0.3 is 0 Å². The average molecular weight is 231 g/mol. The second-order valence-electron chi connectivity index (χ2n) is 5.07. The summed E-state index contributed by atoms with van der Waals surface area (Å²) in [4.78, 5) is 0. The average Bonchev–Trinajstić information content (AvgIpc) is 3.06. The first-order chi connectivity index (χ1) is 7.12. The summed E-state index contributed by atoms with van der Waals surface area (Å²) in [5, 5.41) is 0. The van der Waals surface area contributed by atoms with Gasteiger partial charge in [-0.1, -0.05) is 0 Å². The van der Waals surface area contributed by atoms with Gasteiger partial charge in [0.05, 0.1) is 24.5 Å². The number of hydrogen-bond donors (Lipinski definition) is 0. The number of nitrogens with zero attached hydrogens (tertiary/aromatic N) is 1. The summed E-state index contributed by atoms with van der Waals surface area (Å²) in [6, 6.07) is 0. The molecular formula is C10H17NO3S. The van der Waals surface area contributed by atoms with Crippen molar-refractivity contribution < 1.29 is 13.2 Å². The van der Waals surface area contributed by atoms with E-state index in [0.29, 0.717) is 31.4 Å². The lowest BCUT2D eigenvalue weighted by Gasteiger charge is -2.34. The molecule has 1 spiro atoms. The Hall–Kier alpha value is -0.130. The smallest absolute Gasteiger partial charge is 0.215 e. The first-order valence-electron chi connectivity index (χ1n) is 5.71. The van der Waals surface area contributed by atoms with Crippen molar-refractivity contribution in [2.45, 2.75) is 31.2 Å². The molecule has 3 aliphatic rings. The van der Waals surface area contributed by atoms with Crippen molar-refractivity contribution in [3.63, 3.8) is 0 Å². The van der Waals surface area contributed by atoms with Gasteiger partial charge in [0.2, 0.25) is 10.0 Å². The van der Waals surface area contributed by atoms with E-state index in [9.17, 15) is 8.42 Å². The van der Waals surface area contributed by atoms with Gasteiger partial charge in [0.15, 0.2) is 0 Å². The molecule has 86 valence electrons. The summed E-state index contributed by atoms with van der Waals surface area (Å²) in [6.07, 6.45) is 4.15. The minimum Gasteiger partial charge on any atom is -0.378 e. The van der Waals surface area contributed by atoms with Crippen molar-refractivity contribution in [1.29, 1.82) is 0 Å². The van der Waals surface area contributed by atoms with Crippen LogP contribution >= 0.6 is 0 Å². The van der Waals surface area contributed by atoms with E-state index < -0.39 is 10.0 Å². The van der Waals surface area contributed by atoms with E-state index in [2.05, 4.69) is 0 Å². The van der Waals surface area contributed by atoms with Gasteiger partial charge in [-0.3, -0.25) is 0 Å². The molecule has 0 aromatic carbocycles. The zero-order valence-electron chi connectivity index (χ0n) is 8.81. The van der Waals surface area contributed by atoms with Crippen molar-refractivity contribution in [3.8, 4) is 0 Å². The molecule has 1 heterocycles. The van der Waals surface area contributed by atoms with E-state index in [1.165, 1.54) is 0 Å². The van der Waals surface area contributed by atoms with Crippen LogP contribution in [0.5, 0.6) is 0 Å². The van der Waals surface area contributed by atoms with Crippen molar-refractivity contribution in [2.24, 2.45) is 5.92 Å². The summed E-state index contributed by atoms with van der Waals surface area (Å²) in [6.45, 7) is 1.73. The van der Waals surface area contributed by atoms with Gasteiger partial charge < -0.3 is 4.74 Å². The monoisotopic (exact) mass is 231 g/mol. The lowest BCUT2D eigenvalue weighted by Crippen LogP contribution is -2.51. The molecule has 0 radical (unpaired) electrons. The molecule has 3 fully saturated rings. The van der Waals surface area contributed by atoms with Gasteiger partial charge in [-0.15, -0.1) is 0 Å². The van der Waals surface area contributed by atoms with Gasteiger partial charge in [0, 0.05) is 6.54 Å². The molecule has 4 nitrogen and oxygen atoms in total. The van der Waals surface area contributed by atoms with Crippen molar-refractivity contribution in [1.82, 2.24) is 4.31 Å². The van der Waals surface area contributed by atoms with Crippen LogP contribution in [0.15, 0.2) is 0 Å². The second-order valence-corrected chi connectivity index (χ2v) is 7.01. The molecule has 2 aliphatic carbocycles. The maximum Gasteiger partial charge on any atom is 0.215 e. The van der Waals surface area contributed by atoms with Gasteiger partial charge in [0.25, 0.3) is 0 Å². The Morgan fingerprint density at radius 3 is 2.67 bits per heavy atom. The molecule has 2 saturated carbocycles. The molecule has 5 heteroatoms. The first-order valence-corrected chi connectivity index (χ1v) is 7.32. The lowest BCUT2D eigenvalue weighted by atomic mass is 10.2. The minimum absolute atomic E-state index is 0.133. The van der Waals surface area contributed by atoms with E-state index >= 15 is 0 Å². The topological polar surface area (TPSA) is 46.6 Å². The summed E-state index contributed by atoms with van der Waals surface area (Å²) in [7, 11) is -3.01. The molecule has 0 aromatic heterocycles. The van der Waals surface area contributed by atoms with Gasteiger partial charge in [-0.2, -0.15) is 4.31 Å². The Kier molecular flexibility index (Phi) is 2.13. The normalized spacial score (nSPS) is 30.7. The maximum absolute atomic E-state index is 12.2. The number of sulfonamides is 1. The van der Waals surface area contributed by atoms with E-state index in [4.69, 9.17) is 4.74 Å². The highest BCUT2D eigenvalue weighted by Gasteiger charge is 2.54. The highest BCUT2D eigenvalue weighted by Crippen LogP contribution is 2.46. The Labute approximate surface area is 90.6 Å². The van der Waals surface area contributed by atoms with Crippen LogP contribution in [0.2, 0.25) is 0 Å². The summed E-state index contributed by atoms with van der Waals surface area (Å²) in [5.41, 5.74) is -0.133. The molecule has 0 N–H and O–H groups in total. The van der Waals surface area contributed by atoms with Crippen LogP contribution in [0.3, 0.4) is 0 Å². The van der Waals surface area contributed by atoms with Crippen LogP contribution < -0.4 is 0 Å². The Morgan fingerprint density at radius 2 is 2.07 bits per heavy atom. The molecule has 0 unspecified atom stereocenters. The SMILES string of the molecule is O=S(=O)(CC1CC1)N1CCOCC12CC2. The highest BCUT2D eigenvalue weighted by atomic mass is 32.2. The molecule has 1 saturated heterocycles. The molecular weight excluding hydrogens is 214 g/mol. The van der Waals surface area contributed by atoms with Crippen molar-refractivity contribution >= 4 is 10.0 Å². The van der Waals surface area contributed by atoms with Crippen molar-refractivity contribution in [3.05, 3.63) is 0 Å². The standard InChI is InChI=1S/C10H17NO3S/c12-15(13,7-9-1-2-9)11-5-6-14-8-10(11)3-4-10/h9H,1-8H2. The minimum atomic E-state index is -3.01. The lowest BCUT2D eigenvalue weighted by molar-refractivity contribution is 0.0214. The van der Waals surface area contributed by atoms with Crippen LogP contribution in [0, 0.1) is 5.92 Å². The number of rotatable bonds is 3. The highest BCUT2D eigenvalue weighted by molar-refractivity contribution is 7.89. The Bertz CT molecular complexity index is 357. The number of morpholine rings is 1.